The van der Waals surface area contributed by atoms with Crippen molar-refractivity contribution in [1.29, 1.82) is 0 Å². The minimum absolute atomic E-state index is 0.845. The number of pyridine rings is 1. The lowest BCUT2D eigenvalue weighted by atomic mass is 10.2. The Morgan fingerprint density at radius 1 is 0.850 bits per heavy atom. The molecule has 0 aliphatic heterocycles. The summed E-state index contributed by atoms with van der Waals surface area (Å²) in [5.74, 6) is 12.6. The van der Waals surface area contributed by atoms with E-state index >= 15 is 0 Å². The Kier molecular flexibility index (Phi) is 9.08. The summed E-state index contributed by atoms with van der Waals surface area (Å²) in [7, 11) is 0. The number of hydrogen-bond acceptors (Lipinski definition) is 1. The molecule has 1 rings (SSSR count). The molecule has 1 aromatic heterocycles. The second-order valence-electron chi connectivity index (χ2n) is 4.95. The monoisotopic (exact) mass is 267 g/mol. The molecule has 20 heavy (non-hydrogen) atoms. The number of rotatable bonds is 6. The number of hydrogen-bond donors (Lipinski definition) is 0. The summed E-state index contributed by atoms with van der Waals surface area (Å²) in [6.07, 6.45) is 11.2. The van der Waals surface area contributed by atoms with Gasteiger partial charge in [-0.1, -0.05) is 57.3 Å². The van der Waals surface area contributed by atoms with Crippen LogP contribution in [-0.2, 0) is 0 Å². The minimum Gasteiger partial charge on any atom is -0.246 e. The van der Waals surface area contributed by atoms with E-state index in [-0.39, 0.29) is 0 Å². The average Bonchev–Trinajstić information content (AvgIpc) is 2.48. The van der Waals surface area contributed by atoms with Gasteiger partial charge in [0.25, 0.3) is 0 Å². The maximum Gasteiger partial charge on any atom is 0.113 e. The highest BCUT2D eigenvalue weighted by atomic mass is 14.7. The molecule has 0 aromatic carbocycles. The molecule has 1 heterocycles. The summed E-state index contributed by atoms with van der Waals surface area (Å²) in [5, 5.41) is 0. The first-order valence-corrected chi connectivity index (χ1v) is 7.80. The van der Waals surface area contributed by atoms with E-state index in [1.165, 1.54) is 38.5 Å². The molecule has 106 valence electrons. The van der Waals surface area contributed by atoms with E-state index in [0.29, 0.717) is 0 Å². The lowest BCUT2D eigenvalue weighted by molar-refractivity contribution is 0.737. The van der Waals surface area contributed by atoms with Gasteiger partial charge in [0, 0.05) is 24.6 Å². The molecule has 0 fully saturated rings. The fourth-order valence-electron chi connectivity index (χ4n) is 1.79. The highest BCUT2D eigenvalue weighted by Gasteiger charge is 1.90. The Bertz CT molecular complexity index is 429. The Morgan fingerprint density at radius 3 is 2.05 bits per heavy atom. The largest absolute Gasteiger partial charge is 0.246 e. The van der Waals surface area contributed by atoms with Crippen molar-refractivity contribution in [1.82, 2.24) is 4.98 Å². The van der Waals surface area contributed by atoms with Gasteiger partial charge in [-0.25, -0.2) is 4.98 Å². The summed E-state index contributed by atoms with van der Waals surface area (Å²) in [4.78, 5) is 4.34. The second-order valence-corrected chi connectivity index (χ2v) is 4.95. The van der Waals surface area contributed by atoms with Crippen molar-refractivity contribution in [3.63, 3.8) is 0 Å². The quantitative estimate of drug-likeness (QED) is 0.525. The molecule has 0 aliphatic rings. The zero-order valence-corrected chi connectivity index (χ0v) is 12.8. The van der Waals surface area contributed by atoms with E-state index in [9.17, 15) is 0 Å². The maximum absolute atomic E-state index is 4.34. The molecular formula is C19H25N. The zero-order chi connectivity index (χ0) is 14.5. The predicted octanol–water partition coefficient (Wildman–Crippen LogP) is 4.95. The van der Waals surface area contributed by atoms with Crippen LogP contribution in [0.5, 0.6) is 0 Å². The smallest absolute Gasteiger partial charge is 0.113 e. The summed E-state index contributed by atoms with van der Waals surface area (Å²) < 4.78 is 0. The van der Waals surface area contributed by atoms with Gasteiger partial charge in [-0.15, -0.1) is 0 Å². The molecule has 0 N–H and O–H groups in total. The van der Waals surface area contributed by atoms with Crippen molar-refractivity contribution in [2.75, 3.05) is 0 Å². The standard InChI is InChI=1S/C19H25N/c1-3-5-7-9-11-13-18-15-16-19(20-17-18)14-12-10-8-6-4-2/h15-17H,3-10H2,1-2H3. The average molecular weight is 267 g/mol. The zero-order valence-electron chi connectivity index (χ0n) is 12.8. The summed E-state index contributed by atoms with van der Waals surface area (Å²) in [6, 6.07) is 3.97. The van der Waals surface area contributed by atoms with Gasteiger partial charge in [0.15, 0.2) is 0 Å². The summed E-state index contributed by atoms with van der Waals surface area (Å²) in [5.41, 5.74) is 1.83. The van der Waals surface area contributed by atoms with Gasteiger partial charge in [-0.2, -0.15) is 0 Å². The molecule has 1 heteroatoms. The van der Waals surface area contributed by atoms with Crippen molar-refractivity contribution in [3.8, 4) is 23.7 Å². The Hall–Kier alpha value is -1.73. The van der Waals surface area contributed by atoms with Crippen LogP contribution in [0.2, 0.25) is 0 Å². The van der Waals surface area contributed by atoms with Crippen molar-refractivity contribution in [3.05, 3.63) is 29.6 Å². The number of unbranched alkanes of at least 4 members (excludes halogenated alkanes) is 6. The van der Waals surface area contributed by atoms with E-state index in [1.54, 1.807) is 0 Å². The maximum atomic E-state index is 4.34. The Labute approximate surface area is 124 Å². The van der Waals surface area contributed by atoms with E-state index in [4.69, 9.17) is 0 Å². The molecule has 1 aromatic rings. The van der Waals surface area contributed by atoms with Gasteiger partial charge >= 0.3 is 0 Å². The van der Waals surface area contributed by atoms with Crippen LogP contribution in [-0.4, -0.2) is 4.98 Å². The molecule has 0 unspecified atom stereocenters. The van der Waals surface area contributed by atoms with Crippen LogP contribution in [0.25, 0.3) is 0 Å². The first kappa shape index (κ1) is 16.3. The van der Waals surface area contributed by atoms with Crippen LogP contribution in [0.4, 0.5) is 0 Å². The summed E-state index contributed by atoms with van der Waals surface area (Å²) >= 11 is 0. The lowest BCUT2D eigenvalue weighted by Crippen LogP contribution is -1.83. The highest BCUT2D eigenvalue weighted by molar-refractivity contribution is 5.36. The fourth-order valence-corrected chi connectivity index (χ4v) is 1.79. The van der Waals surface area contributed by atoms with E-state index in [0.717, 1.165) is 24.1 Å². The second kappa shape index (κ2) is 11.1. The SMILES string of the molecule is CCCCCC#Cc1ccc(C#CCCCCC)nc1. The molecule has 0 radical (unpaired) electrons. The number of nitrogens with zero attached hydrogens (tertiary/aromatic N) is 1. The molecule has 0 bridgehead atoms. The first-order chi connectivity index (χ1) is 9.86. The molecule has 0 saturated carbocycles. The fraction of sp³-hybridized carbons (Fsp3) is 0.526. The van der Waals surface area contributed by atoms with Crippen LogP contribution in [0.3, 0.4) is 0 Å². The predicted molar refractivity (Wildman–Crippen MR) is 86.3 cm³/mol. The Balaban J connectivity index is 2.39. The van der Waals surface area contributed by atoms with Gasteiger partial charge in [0.2, 0.25) is 0 Å². The van der Waals surface area contributed by atoms with Gasteiger partial charge < -0.3 is 0 Å². The minimum atomic E-state index is 0.845. The molecule has 0 amide bonds. The van der Waals surface area contributed by atoms with Crippen molar-refractivity contribution in [2.24, 2.45) is 0 Å². The molecule has 0 aliphatic carbocycles. The van der Waals surface area contributed by atoms with Crippen molar-refractivity contribution >= 4 is 0 Å². The molecular weight excluding hydrogens is 242 g/mol. The van der Waals surface area contributed by atoms with Crippen molar-refractivity contribution in [2.45, 2.75) is 65.2 Å². The topological polar surface area (TPSA) is 12.9 Å². The molecule has 0 atom stereocenters. The third-order valence-electron chi connectivity index (χ3n) is 3.02. The van der Waals surface area contributed by atoms with Gasteiger partial charge in [0.1, 0.15) is 5.69 Å². The lowest BCUT2D eigenvalue weighted by Gasteiger charge is -1.92. The first-order valence-electron chi connectivity index (χ1n) is 7.80. The van der Waals surface area contributed by atoms with E-state index in [1.807, 2.05) is 18.3 Å². The van der Waals surface area contributed by atoms with Crippen LogP contribution >= 0.6 is 0 Å². The molecule has 0 spiro atoms. The van der Waals surface area contributed by atoms with Gasteiger partial charge in [-0.3, -0.25) is 0 Å². The third-order valence-corrected chi connectivity index (χ3v) is 3.02. The third kappa shape index (κ3) is 7.65. The molecule has 1 nitrogen and oxygen atoms in total. The number of aromatic nitrogens is 1. The van der Waals surface area contributed by atoms with Crippen LogP contribution < -0.4 is 0 Å². The van der Waals surface area contributed by atoms with Crippen LogP contribution in [0.15, 0.2) is 18.3 Å². The normalized spacial score (nSPS) is 9.30. The van der Waals surface area contributed by atoms with Crippen molar-refractivity contribution < 1.29 is 0 Å². The highest BCUT2D eigenvalue weighted by Crippen LogP contribution is 2.01. The Morgan fingerprint density at radius 2 is 1.50 bits per heavy atom. The molecule has 0 saturated heterocycles. The van der Waals surface area contributed by atoms with Gasteiger partial charge in [0.05, 0.1) is 0 Å². The van der Waals surface area contributed by atoms with E-state index in [2.05, 4.69) is 42.5 Å². The van der Waals surface area contributed by atoms with E-state index < -0.39 is 0 Å². The van der Waals surface area contributed by atoms with Crippen LogP contribution in [0, 0.1) is 23.7 Å². The van der Waals surface area contributed by atoms with Crippen LogP contribution in [0.1, 0.15) is 76.5 Å². The summed E-state index contributed by atoms with van der Waals surface area (Å²) in [6.45, 7) is 4.41. The van der Waals surface area contributed by atoms with Gasteiger partial charge in [-0.05, 0) is 30.9 Å².